The largest absolute Gasteiger partial charge is 0.465 e. The Hall–Kier alpha value is -2.86. The predicted molar refractivity (Wildman–Crippen MR) is 80.7 cm³/mol. The van der Waals surface area contributed by atoms with Gasteiger partial charge in [-0.05, 0) is 24.3 Å². The zero-order valence-electron chi connectivity index (χ0n) is 11.8. The lowest BCUT2D eigenvalue weighted by Gasteiger charge is -2.10. The smallest absolute Gasteiger partial charge is 0.268 e. The van der Waals surface area contributed by atoms with Crippen molar-refractivity contribution in [3.8, 4) is 0 Å². The summed E-state index contributed by atoms with van der Waals surface area (Å²) in [6.07, 6.45) is 2.89. The third-order valence-corrected chi connectivity index (χ3v) is 2.76. The summed E-state index contributed by atoms with van der Waals surface area (Å²) < 4.78 is 5.15. The van der Waals surface area contributed by atoms with Gasteiger partial charge in [0.15, 0.2) is 0 Å². The van der Waals surface area contributed by atoms with Crippen LogP contribution in [0.1, 0.15) is 16.1 Å². The van der Waals surface area contributed by atoms with Crippen LogP contribution >= 0.6 is 0 Å². The summed E-state index contributed by atoms with van der Waals surface area (Å²) in [6.45, 7) is -0.0953. The molecule has 0 aliphatic heterocycles. The monoisotopic (exact) mass is 300 g/mol. The zero-order valence-corrected chi connectivity index (χ0v) is 11.8. The molecule has 0 saturated carbocycles. The van der Waals surface area contributed by atoms with Gasteiger partial charge in [0.25, 0.3) is 11.8 Å². The van der Waals surface area contributed by atoms with Crippen LogP contribution in [-0.4, -0.2) is 30.1 Å². The van der Waals surface area contributed by atoms with E-state index in [1.807, 2.05) is 0 Å². The molecular weight excluding hydrogens is 284 g/mol. The number of nitrogens with one attached hydrogen (secondary N) is 2. The number of benzene rings is 1. The maximum Gasteiger partial charge on any atom is 0.268 e. The van der Waals surface area contributed by atoms with E-state index in [1.165, 1.54) is 12.3 Å². The van der Waals surface area contributed by atoms with Crippen LogP contribution < -0.4 is 10.6 Å². The summed E-state index contributed by atoms with van der Waals surface area (Å²) >= 11 is 0. The molecule has 6 heteroatoms. The molecule has 6 nitrogen and oxygen atoms in total. The summed E-state index contributed by atoms with van der Waals surface area (Å²) in [5, 5.41) is 13.8. The van der Waals surface area contributed by atoms with Crippen molar-refractivity contribution in [1.82, 2.24) is 10.6 Å². The number of rotatable bonds is 6. The first-order valence-corrected chi connectivity index (χ1v) is 6.71. The molecule has 0 radical (unpaired) electrons. The number of aliphatic hydroxyl groups excluding tert-OH is 1. The maximum absolute atomic E-state index is 12.1. The highest BCUT2D eigenvalue weighted by Crippen LogP contribution is 2.07. The van der Waals surface area contributed by atoms with Crippen LogP contribution in [0.4, 0.5) is 0 Å². The van der Waals surface area contributed by atoms with Crippen LogP contribution in [0.15, 0.2) is 58.8 Å². The first-order valence-electron chi connectivity index (χ1n) is 6.71. The van der Waals surface area contributed by atoms with Crippen molar-refractivity contribution < 1.29 is 19.1 Å². The molecule has 114 valence electrons. The Morgan fingerprint density at radius 1 is 1.14 bits per heavy atom. The van der Waals surface area contributed by atoms with Gasteiger partial charge in [0, 0.05) is 18.2 Å². The van der Waals surface area contributed by atoms with Crippen molar-refractivity contribution >= 4 is 17.9 Å². The first-order chi connectivity index (χ1) is 10.7. The first kappa shape index (κ1) is 15.5. The third kappa shape index (κ3) is 4.32. The molecule has 0 bridgehead atoms. The number of amides is 2. The quantitative estimate of drug-likeness (QED) is 0.698. The summed E-state index contributed by atoms with van der Waals surface area (Å²) in [4.78, 5) is 24.2. The van der Waals surface area contributed by atoms with Crippen LogP contribution in [0.5, 0.6) is 0 Å². The highest BCUT2D eigenvalue weighted by Gasteiger charge is 2.14. The fourth-order valence-corrected chi connectivity index (χ4v) is 1.72. The molecule has 0 saturated heterocycles. The third-order valence-electron chi connectivity index (χ3n) is 2.76. The highest BCUT2D eigenvalue weighted by atomic mass is 16.3. The average molecular weight is 300 g/mol. The molecule has 2 amide bonds. The Bertz CT molecular complexity index is 648. The molecule has 3 N–H and O–H groups in total. The van der Waals surface area contributed by atoms with Crippen LogP contribution in [-0.2, 0) is 4.79 Å². The van der Waals surface area contributed by atoms with Gasteiger partial charge in [0.2, 0.25) is 0 Å². The number of carbonyl (C=O) groups is 2. The van der Waals surface area contributed by atoms with Gasteiger partial charge < -0.3 is 20.2 Å². The van der Waals surface area contributed by atoms with Gasteiger partial charge >= 0.3 is 0 Å². The minimum absolute atomic E-state index is 0.0391. The lowest BCUT2D eigenvalue weighted by atomic mass is 10.2. The average Bonchev–Trinajstić information content (AvgIpc) is 3.05. The molecule has 0 aliphatic rings. The Kier molecular flexibility index (Phi) is 5.50. The Morgan fingerprint density at radius 2 is 1.91 bits per heavy atom. The van der Waals surface area contributed by atoms with E-state index in [0.717, 1.165) is 0 Å². The molecule has 0 fully saturated rings. The zero-order chi connectivity index (χ0) is 15.8. The van der Waals surface area contributed by atoms with Crippen LogP contribution in [0.2, 0.25) is 0 Å². The topological polar surface area (TPSA) is 91.6 Å². The van der Waals surface area contributed by atoms with E-state index < -0.39 is 11.8 Å². The molecule has 0 spiro atoms. The summed E-state index contributed by atoms with van der Waals surface area (Å²) in [5.41, 5.74) is 0.472. The van der Waals surface area contributed by atoms with E-state index in [0.29, 0.717) is 11.3 Å². The maximum atomic E-state index is 12.1. The van der Waals surface area contributed by atoms with Crippen molar-refractivity contribution in [2.75, 3.05) is 13.2 Å². The van der Waals surface area contributed by atoms with Gasteiger partial charge in [0.05, 0.1) is 12.9 Å². The van der Waals surface area contributed by atoms with Crippen LogP contribution in [0, 0.1) is 0 Å². The molecule has 0 aliphatic carbocycles. The highest BCUT2D eigenvalue weighted by molar-refractivity contribution is 6.05. The van der Waals surface area contributed by atoms with Gasteiger partial charge in [-0.1, -0.05) is 18.2 Å². The van der Waals surface area contributed by atoms with E-state index in [1.54, 1.807) is 42.5 Å². The fourth-order valence-electron chi connectivity index (χ4n) is 1.72. The molecule has 2 rings (SSSR count). The molecule has 22 heavy (non-hydrogen) atoms. The summed E-state index contributed by atoms with van der Waals surface area (Å²) in [5.74, 6) is -0.477. The van der Waals surface area contributed by atoms with Crippen molar-refractivity contribution in [3.63, 3.8) is 0 Å². The molecule has 0 unspecified atom stereocenters. The van der Waals surface area contributed by atoms with E-state index in [-0.39, 0.29) is 18.8 Å². The number of aliphatic hydroxyl groups is 1. The second-order valence-corrected chi connectivity index (χ2v) is 4.37. The predicted octanol–water partition coefficient (Wildman–Crippen LogP) is 1.16. The summed E-state index contributed by atoms with van der Waals surface area (Å²) in [6, 6.07) is 11.9. The van der Waals surface area contributed by atoms with Gasteiger partial charge in [-0.2, -0.15) is 0 Å². The van der Waals surface area contributed by atoms with E-state index in [2.05, 4.69) is 10.6 Å². The lowest BCUT2D eigenvalue weighted by Crippen LogP contribution is -2.36. The molecule has 2 aromatic rings. The van der Waals surface area contributed by atoms with E-state index in [9.17, 15) is 9.59 Å². The number of hydrogen-bond donors (Lipinski definition) is 3. The van der Waals surface area contributed by atoms with Gasteiger partial charge in [-0.15, -0.1) is 0 Å². The Labute approximate surface area is 127 Å². The Morgan fingerprint density at radius 3 is 2.55 bits per heavy atom. The minimum Gasteiger partial charge on any atom is -0.465 e. The minimum atomic E-state index is -0.505. The number of hydrogen-bond acceptors (Lipinski definition) is 4. The van der Waals surface area contributed by atoms with Gasteiger partial charge in [0.1, 0.15) is 11.5 Å². The number of carbonyl (C=O) groups excluding carboxylic acids is 2. The molecule has 0 atom stereocenters. The fraction of sp³-hybridized carbons (Fsp3) is 0.125. The Balaban J connectivity index is 2.17. The normalized spacial score (nSPS) is 11.0. The summed E-state index contributed by atoms with van der Waals surface area (Å²) in [7, 11) is 0. The van der Waals surface area contributed by atoms with Crippen molar-refractivity contribution in [3.05, 3.63) is 65.7 Å². The number of furan rings is 1. The van der Waals surface area contributed by atoms with E-state index >= 15 is 0 Å². The SMILES string of the molecule is O=C(NCCO)/C(=C/c1ccco1)NC(=O)c1ccccc1. The van der Waals surface area contributed by atoms with E-state index in [4.69, 9.17) is 9.52 Å². The van der Waals surface area contributed by atoms with Crippen molar-refractivity contribution in [2.24, 2.45) is 0 Å². The molecular formula is C16H16N2O4. The van der Waals surface area contributed by atoms with Crippen LogP contribution in [0.25, 0.3) is 6.08 Å². The molecule has 1 aromatic carbocycles. The van der Waals surface area contributed by atoms with Crippen molar-refractivity contribution in [1.29, 1.82) is 0 Å². The van der Waals surface area contributed by atoms with Gasteiger partial charge in [-0.3, -0.25) is 9.59 Å². The molecule has 1 aromatic heterocycles. The van der Waals surface area contributed by atoms with Gasteiger partial charge in [-0.25, -0.2) is 0 Å². The second-order valence-electron chi connectivity index (χ2n) is 4.37. The lowest BCUT2D eigenvalue weighted by molar-refractivity contribution is -0.117. The second kappa shape index (κ2) is 7.80. The molecule has 1 heterocycles. The standard InChI is InChI=1S/C16H16N2O4/c19-9-8-17-16(21)14(11-13-7-4-10-22-13)18-15(20)12-5-2-1-3-6-12/h1-7,10-11,19H,8-9H2,(H,17,21)(H,18,20)/b14-11-. The van der Waals surface area contributed by atoms with Crippen LogP contribution in [0.3, 0.4) is 0 Å². The van der Waals surface area contributed by atoms with Crippen molar-refractivity contribution in [2.45, 2.75) is 0 Å².